The van der Waals surface area contributed by atoms with E-state index in [1.54, 1.807) is 30.5 Å². The number of likely N-dealkylation sites (tertiary alicyclic amines) is 1. The molecule has 4 N–H and O–H groups in total. The van der Waals surface area contributed by atoms with E-state index >= 15 is 0 Å². The molecule has 1 saturated heterocycles. The van der Waals surface area contributed by atoms with Gasteiger partial charge in [-0.05, 0) is 57.0 Å². The van der Waals surface area contributed by atoms with Gasteiger partial charge in [0.15, 0.2) is 0 Å². The predicted molar refractivity (Wildman–Crippen MR) is 111 cm³/mol. The van der Waals surface area contributed by atoms with Crippen molar-refractivity contribution < 1.29 is 24.6 Å². The molecule has 0 saturated carbocycles. The van der Waals surface area contributed by atoms with Crippen LogP contribution in [0.2, 0.25) is 0 Å². The number of aliphatic carboxylic acids is 2. The second kappa shape index (κ2) is 8.31. The summed E-state index contributed by atoms with van der Waals surface area (Å²) in [6, 6.07) is 4.56. The minimum absolute atomic E-state index is 0.336. The maximum atomic E-state index is 12.8. The van der Waals surface area contributed by atoms with E-state index in [0.717, 1.165) is 36.8 Å². The highest BCUT2D eigenvalue weighted by atomic mass is 16.4. The van der Waals surface area contributed by atoms with Crippen molar-refractivity contribution in [2.24, 2.45) is 11.8 Å². The molecule has 2 heterocycles. The first kappa shape index (κ1) is 20.2. The van der Waals surface area contributed by atoms with Gasteiger partial charge in [-0.2, -0.15) is 0 Å². The van der Waals surface area contributed by atoms with Gasteiger partial charge in [-0.1, -0.05) is 12.2 Å². The summed E-state index contributed by atoms with van der Waals surface area (Å²) < 4.78 is 0. The summed E-state index contributed by atoms with van der Waals surface area (Å²) in [6.45, 7) is 1.48. The van der Waals surface area contributed by atoms with Crippen LogP contribution in [0.3, 0.4) is 0 Å². The summed E-state index contributed by atoms with van der Waals surface area (Å²) in [5.74, 6) is -3.58. The summed E-state index contributed by atoms with van der Waals surface area (Å²) in [4.78, 5) is 41.4. The average Bonchev–Trinajstić information content (AvgIpc) is 3.39. The van der Waals surface area contributed by atoms with Crippen LogP contribution in [0.1, 0.15) is 37.3 Å². The van der Waals surface area contributed by atoms with Gasteiger partial charge < -0.3 is 20.5 Å². The number of nitrogens with one attached hydrogen (secondary N) is 2. The number of hydrogen-bond donors (Lipinski definition) is 4. The maximum Gasteiger partial charge on any atom is 0.325 e. The van der Waals surface area contributed by atoms with E-state index in [9.17, 15) is 24.6 Å². The topological polar surface area (TPSA) is 123 Å². The highest BCUT2D eigenvalue weighted by Gasteiger charge is 2.34. The van der Waals surface area contributed by atoms with Crippen molar-refractivity contribution in [2.75, 3.05) is 18.4 Å². The molecule has 2 aliphatic rings. The monoisotopic (exact) mass is 411 g/mol. The van der Waals surface area contributed by atoms with Crippen LogP contribution in [0.15, 0.2) is 36.5 Å². The molecule has 3 atom stereocenters. The summed E-state index contributed by atoms with van der Waals surface area (Å²) in [5.41, 5.74) is 1.98. The van der Waals surface area contributed by atoms with Crippen molar-refractivity contribution in [3.63, 3.8) is 0 Å². The number of nitrogens with zero attached hydrogens (tertiary/aromatic N) is 1. The van der Waals surface area contributed by atoms with Gasteiger partial charge in [0, 0.05) is 28.4 Å². The van der Waals surface area contributed by atoms with Crippen molar-refractivity contribution in [1.82, 2.24) is 9.88 Å². The number of carbonyl (C=O) groups is 3. The number of aromatic amines is 1. The molecule has 30 heavy (non-hydrogen) atoms. The van der Waals surface area contributed by atoms with Crippen molar-refractivity contribution in [3.05, 3.63) is 42.1 Å². The van der Waals surface area contributed by atoms with Crippen LogP contribution in [0.5, 0.6) is 0 Å². The molecule has 1 amide bonds. The zero-order valence-electron chi connectivity index (χ0n) is 16.5. The van der Waals surface area contributed by atoms with Crippen LogP contribution >= 0.6 is 0 Å². The maximum absolute atomic E-state index is 12.8. The van der Waals surface area contributed by atoms with E-state index < -0.39 is 29.8 Å². The van der Waals surface area contributed by atoms with Gasteiger partial charge in [0.1, 0.15) is 6.04 Å². The Morgan fingerprint density at radius 2 is 1.77 bits per heavy atom. The molecule has 0 spiro atoms. The number of aromatic nitrogens is 1. The Balaban J connectivity index is 1.61. The van der Waals surface area contributed by atoms with E-state index in [1.807, 2.05) is 11.0 Å². The molecular formula is C22H25N3O5. The smallest absolute Gasteiger partial charge is 0.325 e. The van der Waals surface area contributed by atoms with E-state index in [4.69, 9.17) is 0 Å². The summed E-state index contributed by atoms with van der Waals surface area (Å²) in [5, 5.41) is 22.8. The number of anilines is 1. The molecule has 0 unspecified atom stereocenters. The standard InChI is InChI=1S/C22H25N3O5/c26-20(14-5-1-2-6-15(14)21(27)28)24-13-7-8-18-16(11-13)17(12-23-18)19(22(29)30)25-9-3-4-10-25/h1-2,7-8,11-12,14-15,19,23H,3-6,9-10H2,(H,24,26)(H,27,28)(H,29,30)/t14-,15+,19+/m0/s1. The van der Waals surface area contributed by atoms with Crippen LogP contribution in [-0.4, -0.2) is 51.0 Å². The third-order valence-electron chi connectivity index (χ3n) is 6.10. The SMILES string of the molecule is O=C(Nc1ccc2[nH]cc([C@H](C(=O)O)N3CCCC3)c2c1)[C@H]1CC=CC[C@H]1C(=O)O. The van der Waals surface area contributed by atoms with Gasteiger partial charge in [-0.25, -0.2) is 0 Å². The molecule has 8 heteroatoms. The fourth-order valence-corrected chi connectivity index (χ4v) is 4.54. The second-order valence-electron chi connectivity index (χ2n) is 7.97. The molecule has 1 aromatic heterocycles. The van der Waals surface area contributed by atoms with Crippen LogP contribution in [0, 0.1) is 11.8 Å². The first-order chi connectivity index (χ1) is 14.5. The summed E-state index contributed by atoms with van der Waals surface area (Å²) in [6.07, 6.45) is 8.04. The summed E-state index contributed by atoms with van der Waals surface area (Å²) >= 11 is 0. The zero-order chi connectivity index (χ0) is 21.3. The number of amides is 1. The van der Waals surface area contributed by atoms with Gasteiger partial charge in [-0.3, -0.25) is 19.3 Å². The van der Waals surface area contributed by atoms with Gasteiger partial charge in [0.05, 0.1) is 11.8 Å². The molecule has 0 radical (unpaired) electrons. The third kappa shape index (κ3) is 3.82. The Hall–Kier alpha value is -3.13. The lowest BCUT2D eigenvalue weighted by molar-refractivity contribution is -0.146. The van der Waals surface area contributed by atoms with E-state index in [2.05, 4.69) is 10.3 Å². The fourth-order valence-electron chi connectivity index (χ4n) is 4.54. The molecule has 1 aliphatic carbocycles. The van der Waals surface area contributed by atoms with Crippen LogP contribution in [0.4, 0.5) is 5.69 Å². The van der Waals surface area contributed by atoms with Crippen LogP contribution < -0.4 is 5.32 Å². The Kier molecular flexibility index (Phi) is 5.59. The van der Waals surface area contributed by atoms with Crippen molar-refractivity contribution in [1.29, 1.82) is 0 Å². The molecule has 8 nitrogen and oxygen atoms in total. The van der Waals surface area contributed by atoms with Gasteiger partial charge >= 0.3 is 11.9 Å². The highest BCUT2D eigenvalue weighted by molar-refractivity contribution is 5.98. The zero-order valence-corrected chi connectivity index (χ0v) is 16.5. The Bertz CT molecular complexity index is 1010. The van der Waals surface area contributed by atoms with Crippen LogP contribution in [0.25, 0.3) is 10.9 Å². The molecule has 1 aliphatic heterocycles. The largest absolute Gasteiger partial charge is 0.481 e. The van der Waals surface area contributed by atoms with E-state index in [1.165, 1.54) is 0 Å². The second-order valence-corrected chi connectivity index (χ2v) is 7.97. The quantitative estimate of drug-likeness (QED) is 0.542. The lowest BCUT2D eigenvalue weighted by Crippen LogP contribution is -2.34. The molecule has 2 aromatic rings. The molecule has 1 fully saturated rings. The minimum Gasteiger partial charge on any atom is -0.481 e. The highest BCUT2D eigenvalue weighted by Crippen LogP contribution is 2.33. The lowest BCUT2D eigenvalue weighted by Gasteiger charge is -2.24. The Morgan fingerprint density at radius 1 is 1.07 bits per heavy atom. The molecule has 158 valence electrons. The number of fused-ring (bicyclic) bond motifs is 1. The number of benzene rings is 1. The number of rotatable bonds is 6. The number of carboxylic acid groups (broad SMARTS) is 2. The third-order valence-corrected chi connectivity index (χ3v) is 6.10. The number of carbonyl (C=O) groups excluding carboxylic acids is 1. The minimum atomic E-state index is -0.974. The number of H-pyrrole nitrogens is 1. The Morgan fingerprint density at radius 3 is 2.43 bits per heavy atom. The number of hydrogen-bond acceptors (Lipinski definition) is 4. The molecular weight excluding hydrogens is 386 g/mol. The van der Waals surface area contributed by atoms with Crippen LogP contribution in [-0.2, 0) is 14.4 Å². The van der Waals surface area contributed by atoms with Gasteiger partial charge in [-0.15, -0.1) is 0 Å². The molecule has 4 rings (SSSR count). The average molecular weight is 411 g/mol. The van der Waals surface area contributed by atoms with Gasteiger partial charge in [0.2, 0.25) is 5.91 Å². The van der Waals surface area contributed by atoms with Crippen molar-refractivity contribution in [2.45, 2.75) is 31.7 Å². The normalized spacial score (nSPS) is 22.8. The fraction of sp³-hybridized carbons (Fsp3) is 0.409. The van der Waals surface area contributed by atoms with Crippen molar-refractivity contribution in [3.8, 4) is 0 Å². The number of allylic oxidation sites excluding steroid dienone is 2. The predicted octanol–water partition coefficient (Wildman–Crippen LogP) is 2.99. The first-order valence-electron chi connectivity index (χ1n) is 10.2. The lowest BCUT2D eigenvalue weighted by atomic mass is 9.82. The number of carboxylic acids is 2. The van der Waals surface area contributed by atoms with E-state index in [0.29, 0.717) is 24.1 Å². The van der Waals surface area contributed by atoms with E-state index in [-0.39, 0.29) is 5.91 Å². The van der Waals surface area contributed by atoms with Crippen molar-refractivity contribution >= 4 is 34.4 Å². The molecule has 1 aromatic carbocycles. The van der Waals surface area contributed by atoms with Gasteiger partial charge in [0.25, 0.3) is 0 Å². The summed E-state index contributed by atoms with van der Waals surface area (Å²) in [7, 11) is 0. The Labute approximate surface area is 173 Å². The first-order valence-corrected chi connectivity index (χ1v) is 10.2. The molecule has 0 bridgehead atoms.